The molecule has 0 saturated heterocycles. The van der Waals surface area contributed by atoms with Gasteiger partial charge in [0.25, 0.3) is 8.32 Å². The van der Waals surface area contributed by atoms with E-state index in [-0.39, 0.29) is 24.1 Å². The second-order valence-corrected chi connectivity index (χ2v) is 16.0. The van der Waals surface area contributed by atoms with E-state index in [9.17, 15) is 0 Å². The van der Waals surface area contributed by atoms with E-state index in [4.69, 9.17) is 9.16 Å². The van der Waals surface area contributed by atoms with Crippen molar-refractivity contribution in [3.05, 3.63) is 180 Å². The lowest BCUT2D eigenvalue weighted by atomic mass is 9.80. The van der Waals surface area contributed by atoms with Crippen LogP contribution in [0.3, 0.4) is 0 Å². The Morgan fingerprint density at radius 1 is 0.581 bits per heavy atom. The fourth-order valence-corrected chi connectivity index (χ4v) is 10.5. The Morgan fingerprint density at radius 3 is 1.28 bits per heavy atom. The quantitative estimate of drug-likeness (QED) is 0.114. The van der Waals surface area contributed by atoms with Crippen LogP contribution in [0.25, 0.3) is 0 Å². The number of hydrogen-bond donors (Lipinski definition) is 0. The van der Waals surface area contributed by atoms with Gasteiger partial charge in [-0.15, -0.1) is 0 Å². The zero-order valence-electron chi connectivity index (χ0n) is 25.1. The molecular formula is C39H39FO2Si. The molecule has 0 fully saturated rings. The molecule has 5 aromatic rings. The third-order valence-corrected chi connectivity index (χ3v) is 13.0. The Hall–Kier alpha value is -4.09. The Morgan fingerprint density at radius 2 is 0.930 bits per heavy atom. The number of halogens is 1. The molecular weight excluding hydrogens is 548 g/mol. The molecule has 0 unspecified atom stereocenters. The van der Waals surface area contributed by atoms with Crippen LogP contribution in [0.1, 0.15) is 37.5 Å². The van der Waals surface area contributed by atoms with Crippen LogP contribution in [0.15, 0.2) is 164 Å². The molecule has 5 aromatic carbocycles. The van der Waals surface area contributed by atoms with E-state index in [1.165, 1.54) is 6.08 Å². The number of benzene rings is 5. The topological polar surface area (TPSA) is 18.5 Å². The van der Waals surface area contributed by atoms with Gasteiger partial charge in [0, 0.05) is 0 Å². The standard InChI is InChI=1S/C39H39FO2Si/c1-38(2,3)43(36-25-15-7-16-26-36,37-27-17-8-18-28-37)42-31-35(40)29-30-41-39(32-19-9-4-10-20-32,33-21-11-5-12-22-33)34-23-13-6-14-24-34/h4-29H,30-31H2,1-3H3/b35-29-. The van der Waals surface area contributed by atoms with Crippen molar-refractivity contribution in [2.75, 3.05) is 13.2 Å². The van der Waals surface area contributed by atoms with Crippen molar-refractivity contribution in [2.24, 2.45) is 0 Å². The van der Waals surface area contributed by atoms with E-state index in [0.717, 1.165) is 27.1 Å². The summed E-state index contributed by atoms with van der Waals surface area (Å²) < 4.78 is 29.4. The van der Waals surface area contributed by atoms with E-state index in [0.29, 0.717) is 0 Å². The molecule has 0 saturated carbocycles. The van der Waals surface area contributed by atoms with Crippen LogP contribution in [0.5, 0.6) is 0 Å². The van der Waals surface area contributed by atoms with E-state index in [1.54, 1.807) is 0 Å². The van der Waals surface area contributed by atoms with E-state index in [1.807, 2.05) is 91.0 Å². The minimum Gasteiger partial charge on any atom is -0.401 e. The first-order valence-electron chi connectivity index (χ1n) is 14.8. The van der Waals surface area contributed by atoms with Crippen molar-refractivity contribution in [3.63, 3.8) is 0 Å². The predicted molar refractivity (Wildman–Crippen MR) is 178 cm³/mol. The molecule has 218 valence electrons. The monoisotopic (exact) mass is 586 g/mol. The zero-order chi connectivity index (χ0) is 30.2. The average Bonchev–Trinajstić information content (AvgIpc) is 3.05. The van der Waals surface area contributed by atoms with Gasteiger partial charge in [-0.05, 0) is 38.2 Å². The smallest absolute Gasteiger partial charge is 0.261 e. The van der Waals surface area contributed by atoms with Crippen molar-refractivity contribution < 1.29 is 13.6 Å². The predicted octanol–water partition coefficient (Wildman–Crippen LogP) is 8.43. The molecule has 0 amide bonds. The number of rotatable bonds is 11. The van der Waals surface area contributed by atoms with Crippen LogP contribution in [-0.2, 0) is 14.8 Å². The van der Waals surface area contributed by atoms with Crippen LogP contribution < -0.4 is 10.4 Å². The first-order valence-corrected chi connectivity index (χ1v) is 16.7. The Balaban J connectivity index is 1.47. The zero-order valence-corrected chi connectivity index (χ0v) is 26.1. The number of ether oxygens (including phenoxy) is 1. The number of hydrogen-bond acceptors (Lipinski definition) is 2. The minimum atomic E-state index is -2.87. The lowest BCUT2D eigenvalue weighted by Gasteiger charge is -2.42. The fraction of sp³-hybridized carbons (Fsp3) is 0.179. The van der Waals surface area contributed by atoms with Gasteiger partial charge in [0.1, 0.15) is 11.4 Å². The Kier molecular flexibility index (Phi) is 9.51. The molecule has 2 nitrogen and oxygen atoms in total. The summed E-state index contributed by atoms with van der Waals surface area (Å²) in [6, 6.07) is 51.0. The molecule has 0 aromatic heterocycles. The summed E-state index contributed by atoms with van der Waals surface area (Å²) in [6.45, 7) is 6.51. The van der Waals surface area contributed by atoms with Gasteiger partial charge >= 0.3 is 0 Å². The van der Waals surface area contributed by atoms with Crippen molar-refractivity contribution in [3.8, 4) is 0 Å². The van der Waals surface area contributed by atoms with Crippen molar-refractivity contribution >= 4 is 18.7 Å². The van der Waals surface area contributed by atoms with Crippen LogP contribution in [0.4, 0.5) is 4.39 Å². The summed E-state index contributed by atoms with van der Waals surface area (Å²) in [5.41, 5.74) is 2.01. The first-order chi connectivity index (χ1) is 20.9. The highest BCUT2D eigenvalue weighted by atomic mass is 28.4. The third-order valence-electron chi connectivity index (χ3n) is 7.99. The molecule has 0 spiro atoms. The maximum atomic E-state index is 15.8. The Bertz CT molecular complexity index is 1450. The van der Waals surface area contributed by atoms with Gasteiger partial charge < -0.3 is 9.16 Å². The molecule has 0 bridgehead atoms. The Labute approximate surface area is 256 Å². The van der Waals surface area contributed by atoms with Crippen LogP contribution in [0.2, 0.25) is 5.04 Å². The van der Waals surface area contributed by atoms with Crippen LogP contribution in [-0.4, -0.2) is 21.5 Å². The second kappa shape index (κ2) is 13.5. The van der Waals surface area contributed by atoms with Crippen molar-refractivity contribution in [1.82, 2.24) is 0 Å². The van der Waals surface area contributed by atoms with E-state index < -0.39 is 13.9 Å². The summed E-state index contributed by atoms with van der Waals surface area (Å²) in [5, 5.41) is 2.00. The summed E-state index contributed by atoms with van der Waals surface area (Å²) >= 11 is 0. The molecule has 5 rings (SSSR count). The van der Waals surface area contributed by atoms with E-state index in [2.05, 4.69) is 81.4 Å². The lowest BCUT2D eigenvalue weighted by molar-refractivity contribution is 0.0310. The molecule has 0 N–H and O–H groups in total. The summed E-state index contributed by atoms with van der Waals surface area (Å²) in [6.07, 6.45) is 1.52. The van der Waals surface area contributed by atoms with Crippen LogP contribution in [0, 0.1) is 0 Å². The van der Waals surface area contributed by atoms with Crippen LogP contribution >= 0.6 is 0 Å². The lowest BCUT2D eigenvalue weighted by Crippen LogP contribution is -2.66. The molecule has 0 heterocycles. The minimum absolute atomic E-state index is 0.0641. The normalized spacial score (nSPS) is 12.7. The highest BCUT2D eigenvalue weighted by Crippen LogP contribution is 2.41. The molecule has 43 heavy (non-hydrogen) atoms. The summed E-state index contributed by atoms with van der Waals surface area (Å²) in [5.74, 6) is -0.351. The van der Waals surface area contributed by atoms with Crippen molar-refractivity contribution in [1.29, 1.82) is 0 Å². The van der Waals surface area contributed by atoms with E-state index >= 15 is 4.39 Å². The molecule has 0 radical (unpaired) electrons. The summed E-state index contributed by atoms with van der Waals surface area (Å²) in [4.78, 5) is 0. The largest absolute Gasteiger partial charge is 0.401 e. The van der Waals surface area contributed by atoms with Gasteiger partial charge in [0.05, 0.1) is 13.2 Å². The van der Waals surface area contributed by atoms with Gasteiger partial charge in [-0.2, -0.15) is 0 Å². The summed E-state index contributed by atoms with van der Waals surface area (Å²) in [7, 11) is -2.87. The molecule has 0 aliphatic rings. The maximum Gasteiger partial charge on any atom is 0.261 e. The highest BCUT2D eigenvalue weighted by molar-refractivity contribution is 6.99. The molecule has 0 aliphatic heterocycles. The molecule has 0 atom stereocenters. The average molecular weight is 587 g/mol. The second-order valence-electron chi connectivity index (χ2n) is 11.7. The SMILES string of the molecule is CC(C)(C)[Si](OC/C(F)=C/COC(c1ccccc1)(c1ccccc1)c1ccccc1)(c1ccccc1)c1ccccc1. The van der Waals surface area contributed by atoms with Gasteiger partial charge in [-0.3, -0.25) is 0 Å². The third kappa shape index (κ3) is 6.32. The molecule has 4 heteroatoms. The van der Waals surface area contributed by atoms with Crippen molar-refractivity contribution in [2.45, 2.75) is 31.4 Å². The van der Waals surface area contributed by atoms with Gasteiger partial charge in [0.15, 0.2) is 0 Å². The van der Waals surface area contributed by atoms with Gasteiger partial charge in [-0.25, -0.2) is 4.39 Å². The molecule has 0 aliphatic carbocycles. The highest BCUT2D eigenvalue weighted by Gasteiger charge is 2.50. The van der Waals surface area contributed by atoms with Gasteiger partial charge in [-0.1, -0.05) is 172 Å². The van der Waals surface area contributed by atoms with Gasteiger partial charge in [0.2, 0.25) is 0 Å². The fourth-order valence-electron chi connectivity index (χ4n) is 6.02. The maximum absolute atomic E-state index is 15.8. The first kappa shape index (κ1) is 30.4.